The molecule has 3 N–H and O–H groups in total. The lowest BCUT2D eigenvalue weighted by atomic mass is 10.2. The second kappa shape index (κ2) is 5.06. The van der Waals surface area contributed by atoms with Gasteiger partial charge in [0.15, 0.2) is 11.6 Å². The molecule has 8 heteroatoms. The van der Waals surface area contributed by atoms with E-state index in [2.05, 4.69) is 19.9 Å². The SMILES string of the molecule is COC(=O)Oc1cccc2nc(-c3c(N)n[nH]c3C)sc12. The van der Waals surface area contributed by atoms with Crippen molar-refractivity contribution in [3.8, 4) is 16.3 Å². The molecular formula is C13H12N4O3S. The zero-order valence-electron chi connectivity index (χ0n) is 11.3. The average Bonchev–Trinajstić information content (AvgIpc) is 3.02. The number of hydrogen-bond donors (Lipinski definition) is 2. The van der Waals surface area contributed by atoms with Gasteiger partial charge in [-0.3, -0.25) is 5.10 Å². The Labute approximate surface area is 123 Å². The number of carbonyl (C=O) groups excluding carboxylic acids is 1. The first-order valence-electron chi connectivity index (χ1n) is 6.06. The predicted molar refractivity (Wildman–Crippen MR) is 79.4 cm³/mol. The minimum atomic E-state index is -0.767. The molecule has 2 heterocycles. The van der Waals surface area contributed by atoms with E-state index >= 15 is 0 Å². The van der Waals surface area contributed by atoms with Crippen molar-refractivity contribution >= 4 is 33.5 Å². The first kappa shape index (κ1) is 13.4. The fourth-order valence-corrected chi connectivity index (χ4v) is 3.09. The topological polar surface area (TPSA) is 103 Å². The number of hydrogen-bond acceptors (Lipinski definition) is 7. The predicted octanol–water partition coefficient (Wildman–Crippen LogP) is 2.72. The first-order chi connectivity index (χ1) is 10.1. The fourth-order valence-electron chi connectivity index (χ4n) is 1.96. The van der Waals surface area contributed by atoms with Crippen molar-refractivity contribution in [1.82, 2.24) is 15.2 Å². The Balaban J connectivity index is 2.12. The molecule has 3 rings (SSSR count). The Morgan fingerprint density at radius 3 is 2.90 bits per heavy atom. The summed E-state index contributed by atoms with van der Waals surface area (Å²) in [7, 11) is 1.26. The number of fused-ring (bicyclic) bond motifs is 1. The molecule has 1 aromatic carbocycles. The lowest BCUT2D eigenvalue weighted by Gasteiger charge is -2.02. The van der Waals surface area contributed by atoms with Crippen LogP contribution in [0.4, 0.5) is 10.6 Å². The Hall–Kier alpha value is -2.61. The summed E-state index contributed by atoms with van der Waals surface area (Å²) in [5, 5.41) is 7.50. The minimum absolute atomic E-state index is 0.391. The van der Waals surface area contributed by atoms with Crippen LogP contribution in [0.2, 0.25) is 0 Å². The quantitative estimate of drug-likeness (QED) is 0.557. The van der Waals surface area contributed by atoms with Crippen LogP contribution in [-0.2, 0) is 4.74 Å². The Kier molecular flexibility index (Phi) is 3.22. The van der Waals surface area contributed by atoms with Gasteiger partial charge in [0.25, 0.3) is 0 Å². The Bertz CT molecular complexity index is 805. The summed E-state index contributed by atoms with van der Waals surface area (Å²) in [6, 6.07) is 5.29. The third-order valence-electron chi connectivity index (χ3n) is 2.93. The highest BCUT2D eigenvalue weighted by molar-refractivity contribution is 7.22. The number of rotatable bonds is 2. The van der Waals surface area contributed by atoms with Crippen LogP contribution in [0.3, 0.4) is 0 Å². The Morgan fingerprint density at radius 2 is 2.24 bits per heavy atom. The molecule has 108 valence electrons. The van der Waals surface area contributed by atoms with Crippen LogP contribution in [0, 0.1) is 6.92 Å². The molecule has 0 amide bonds. The number of methoxy groups -OCH3 is 1. The van der Waals surface area contributed by atoms with E-state index in [1.165, 1.54) is 18.4 Å². The van der Waals surface area contributed by atoms with Crippen molar-refractivity contribution in [1.29, 1.82) is 0 Å². The number of carbonyl (C=O) groups is 1. The van der Waals surface area contributed by atoms with Crippen LogP contribution in [-0.4, -0.2) is 28.4 Å². The molecule has 0 radical (unpaired) electrons. The molecule has 0 aliphatic heterocycles. The number of H-pyrrole nitrogens is 1. The largest absolute Gasteiger partial charge is 0.513 e. The van der Waals surface area contributed by atoms with Gasteiger partial charge in [-0.2, -0.15) is 5.10 Å². The van der Waals surface area contributed by atoms with Gasteiger partial charge in [0.2, 0.25) is 0 Å². The van der Waals surface area contributed by atoms with Crippen molar-refractivity contribution in [3.63, 3.8) is 0 Å². The van der Waals surface area contributed by atoms with Gasteiger partial charge in [0.1, 0.15) is 5.01 Å². The number of nitrogens with one attached hydrogen (secondary N) is 1. The number of benzene rings is 1. The van der Waals surface area contributed by atoms with E-state index in [4.69, 9.17) is 10.5 Å². The number of aryl methyl sites for hydroxylation is 1. The number of nitrogens with zero attached hydrogens (tertiary/aromatic N) is 2. The van der Waals surface area contributed by atoms with Gasteiger partial charge in [-0.1, -0.05) is 6.07 Å². The maximum Gasteiger partial charge on any atom is 0.513 e. The fraction of sp³-hybridized carbons (Fsp3) is 0.154. The van der Waals surface area contributed by atoms with Crippen molar-refractivity contribution in [3.05, 3.63) is 23.9 Å². The van der Waals surface area contributed by atoms with E-state index in [1.54, 1.807) is 12.1 Å². The van der Waals surface area contributed by atoms with Crippen LogP contribution in [0.15, 0.2) is 18.2 Å². The molecule has 21 heavy (non-hydrogen) atoms. The van der Waals surface area contributed by atoms with E-state index in [-0.39, 0.29) is 0 Å². The van der Waals surface area contributed by atoms with Crippen LogP contribution in [0.1, 0.15) is 5.69 Å². The number of aromatic amines is 1. The smallest absolute Gasteiger partial charge is 0.437 e. The lowest BCUT2D eigenvalue weighted by molar-refractivity contribution is 0.122. The van der Waals surface area contributed by atoms with Gasteiger partial charge in [0.05, 0.1) is 22.9 Å². The summed E-state index contributed by atoms with van der Waals surface area (Å²) >= 11 is 1.38. The van der Waals surface area contributed by atoms with Gasteiger partial charge in [-0.05, 0) is 19.1 Å². The molecule has 0 aliphatic rings. The van der Waals surface area contributed by atoms with Crippen molar-refractivity contribution < 1.29 is 14.3 Å². The van der Waals surface area contributed by atoms with Crippen molar-refractivity contribution in [2.45, 2.75) is 6.92 Å². The first-order valence-corrected chi connectivity index (χ1v) is 6.88. The van der Waals surface area contributed by atoms with E-state index in [0.29, 0.717) is 11.6 Å². The highest BCUT2D eigenvalue weighted by atomic mass is 32.1. The molecule has 0 bridgehead atoms. The molecular weight excluding hydrogens is 292 g/mol. The molecule has 0 fully saturated rings. The summed E-state index contributed by atoms with van der Waals surface area (Å²) in [5.74, 6) is 0.796. The van der Waals surface area contributed by atoms with E-state index in [1.807, 2.05) is 13.0 Å². The summed E-state index contributed by atoms with van der Waals surface area (Å²) in [6.07, 6.45) is -0.767. The average molecular weight is 304 g/mol. The van der Waals surface area contributed by atoms with Crippen LogP contribution < -0.4 is 10.5 Å². The summed E-state index contributed by atoms with van der Waals surface area (Å²) in [5.41, 5.74) is 8.17. The van der Waals surface area contributed by atoms with Crippen molar-refractivity contribution in [2.24, 2.45) is 0 Å². The third kappa shape index (κ3) is 2.29. The normalized spacial score (nSPS) is 10.8. The van der Waals surface area contributed by atoms with E-state index < -0.39 is 6.16 Å². The number of nitrogens with two attached hydrogens (primary N) is 1. The molecule has 0 unspecified atom stereocenters. The number of aromatic nitrogens is 3. The highest BCUT2D eigenvalue weighted by Crippen LogP contribution is 2.38. The number of nitrogen functional groups attached to an aromatic ring is 1. The van der Waals surface area contributed by atoms with Crippen LogP contribution in [0.25, 0.3) is 20.8 Å². The molecule has 3 aromatic rings. The second-order valence-corrected chi connectivity index (χ2v) is 5.29. The molecule has 0 spiro atoms. The number of ether oxygens (including phenoxy) is 2. The Morgan fingerprint density at radius 1 is 1.43 bits per heavy atom. The molecule has 0 saturated carbocycles. The summed E-state index contributed by atoms with van der Waals surface area (Å²) in [6.45, 7) is 1.87. The highest BCUT2D eigenvalue weighted by Gasteiger charge is 2.17. The van der Waals surface area contributed by atoms with Crippen molar-refractivity contribution in [2.75, 3.05) is 12.8 Å². The second-order valence-electron chi connectivity index (χ2n) is 4.29. The molecule has 0 aliphatic carbocycles. The van der Waals surface area contributed by atoms with Crippen LogP contribution in [0.5, 0.6) is 5.75 Å². The zero-order chi connectivity index (χ0) is 15.0. The van der Waals surface area contributed by atoms with E-state index in [9.17, 15) is 4.79 Å². The molecule has 0 atom stereocenters. The van der Waals surface area contributed by atoms with Crippen LogP contribution >= 0.6 is 11.3 Å². The third-order valence-corrected chi connectivity index (χ3v) is 4.03. The monoisotopic (exact) mass is 304 g/mol. The maximum absolute atomic E-state index is 11.3. The number of thiazole rings is 1. The van der Waals surface area contributed by atoms with Gasteiger partial charge >= 0.3 is 6.16 Å². The van der Waals surface area contributed by atoms with Gasteiger partial charge < -0.3 is 15.2 Å². The van der Waals surface area contributed by atoms with E-state index in [0.717, 1.165) is 26.5 Å². The van der Waals surface area contributed by atoms with Gasteiger partial charge in [-0.15, -0.1) is 11.3 Å². The van der Waals surface area contributed by atoms with Gasteiger partial charge in [0, 0.05) is 5.69 Å². The summed E-state index contributed by atoms with van der Waals surface area (Å²) < 4.78 is 10.4. The molecule has 7 nitrogen and oxygen atoms in total. The number of anilines is 1. The minimum Gasteiger partial charge on any atom is -0.437 e. The molecule has 2 aromatic heterocycles. The lowest BCUT2D eigenvalue weighted by Crippen LogP contribution is -2.07. The molecule has 0 saturated heterocycles. The maximum atomic E-state index is 11.3. The standard InChI is InChI=1S/C13H12N4O3S/c1-6-9(11(14)17-16-6)12-15-7-4-3-5-8(10(7)21-12)20-13(18)19-2/h3-5H,1-2H3,(H3,14,16,17). The summed E-state index contributed by atoms with van der Waals surface area (Å²) in [4.78, 5) is 15.8. The van der Waals surface area contributed by atoms with Gasteiger partial charge in [-0.25, -0.2) is 9.78 Å². The zero-order valence-corrected chi connectivity index (χ0v) is 12.2.